The Bertz CT molecular complexity index is 623. The van der Waals surface area contributed by atoms with Crippen molar-refractivity contribution in [3.63, 3.8) is 0 Å². The Morgan fingerprint density at radius 1 is 1.15 bits per heavy atom. The lowest BCUT2D eigenvalue weighted by atomic mass is 9.95. The maximum Gasteiger partial charge on any atom is 0.273 e. The molecule has 2 heterocycles. The number of piperidine rings is 1. The highest BCUT2D eigenvalue weighted by Gasteiger charge is 2.23. The fourth-order valence-electron chi connectivity index (χ4n) is 3.87. The van der Waals surface area contributed by atoms with Crippen LogP contribution in [0.25, 0.3) is 0 Å². The lowest BCUT2D eigenvalue weighted by Gasteiger charge is -2.23. The first kappa shape index (κ1) is 21.6. The van der Waals surface area contributed by atoms with E-state index in [0.717, 1.165) is 44.5 Å². The smallest absolute Gasteiger partial charge is 0.273 e. The summed E-state index contributed by atoms with van der Waals surface area (Å²) in [5.41, 5.74) is 1.15. The number of carbonyl (C=O) groups excluding carboxylic acids is 2. The minimum absolute atomic E-state index is 0. The zero-order valence-corrected chi connectivity index (χ0v) is 16.8. The van der Waals surface area contributed by atoms with Crippen LogP contribution in [-0.2, 0) is 4.79 Å². The molecule has 2 fully saturated rings. The van der Waals surface area contributed by atoms with Gasteiger partial charge in [-0.2, -0.15) is 0 Å². The summed E-state index contributed by atoms with van der Waals surface area (Å²) in [6, 6.07) is 0.602. The Labute approximate surface area is 166 Å². The summed E-state index contributed by atoms with van der Waals surface area (Å²) in [5, 5.41) is 17.4. The Morgan fingerprint density at radius 2 is 1.85 bits per heavy atom. The molecule has 2 amide bonds. The molecular weight excluding hydrogens is 368 g/mol. The molecule has 0 unspecified atom stereocenters. The fourth-order valence-corrected chi connectivity index (χ4v) is 3.87. The summed E-state index contributed by atoms with van der Waals surface area (Å²) in [5.74, 6) is -0.250. The minimum Gasteiger partial charge on any atom is -0.353 e. The summed E-state index contributed by atoms with van der Waals surface area (Å²) >= 11 is 0. The van der Waals surface area contributed by atoms with Crippen LogP contribution in [0.4, 0.5) is 0 Å². The van der Waals surface area contributed by atoms with Gasteiger partial charge in [-0.1, -0.05) is 24.5 Å². The number of aromatic nitrogens is 3. The summed E-state index contributed by atoms with van der Waals surface area (Å²) in [6.45, 7) is 4.12. The van der Waals surface area contributed by atoms with Crippen LogP contribution in [0.5, 0.6) is 0 Å². The molecular formula is C18H31ClN6O2. The summed E-state index contributed by atoms with van der Waals surface area (Å²) < 4.78 is 1.87. The van der Waals surface area contributed by atoms with Gasteiger partial charge in [-0.3, -0.25) is 9.59 Å². The Balaban J connectivity index is 0.00000261. The minimum atomic E-state index is -0.256. The predicted octanol–water partition coefficient (Wildman–Crippen LogP) is 1.50. The third-order valence-electron chi connectivity index (χ3n) is 5.40. The van der Waals surface area contributed by atoms with E-state index >= 15 is 0 Å². The first-order chi connectivity index (χ1) is 12.6. The third-order valence-corrected chi connectivity index (χ3v) is 5.40. The second-order valence-electron chi connectivity index (χ2n) is 7.36. The van der Waals surface area contributed by atoms with Crippen LogP contribution in [0.15, 0.2) is 0 Å². The van der Waals surface area contributed by atoms with Crippen LogP contribution in [0.3, 0.4) is 0 Å². The number of rotatable bonds is 6. The molecule has 0 radical (unpaired) electrons. The summed E-state index contributed by atoms with van der Waals surface area (Å²) in [4.78, 5) is 24.4. The number of nitrogens with zero attached hydrogens (tertiary/aromatic N) is 3. The first-order valence-corrected chi connectivity index (χ1v) is 9.85. The molecule has 1 saturated heterocycles. The van der Waals surface area contributed by atoms with Gasteiger partial charge in [0.1, 0.15) is 0 Å². The first-order valence-electron chi connectivity index (χ1n) is 9.85. The molecule has 1 aromatic rings. The van der Waals surface area contributed by atoms with E-state index < -0.39 is 0 Å². The van der Waals surface area contributed by atoms with E-state index in [0.29, 0.717) is 30.7 Å². The molecule has 2 aliphatic rings. The predicted molar refractivity (Wildman–Crippen MR) is 105 cm³/mol. The number of nitrogens with one attached hydrogen (secondary N) is 3. The molecule has 1 aromatic heterocycles. The second-order valence-corrected chi connectivity index (χ2v) is 7.36. The highest BCUT2D eigenvalue weighted by atomic mass is 35.5. The van der Waals surface area contributed by atoms with Gasteiger partial charge in [0.05, 0.1) is 11.7 Å². The zero-order valence-electron chi connectivity index (χ0n) is 16.0. The maximum absolute atomic E-state index is 12.4. The van der Waals surface area contributed by atoms with Gasteiger partial charge in [0.2, 0.25) is 5.91 Å². The standard InChI is InChI=1S/C18H30N6O2.ClH/c1-13-17(22-23-24(13)15-7-10-19-11-8-15)18(26)20-12-9-16(25)21-14-5-3-2-4-6-14;/h14-15,19H,2-12H2,1H3,(H,20,26)(H,21,25);1H. The van der Waals surface area contributed by atoms with E-state index in [-0.39, 0.29) is 24.2 Å². The summed E-state index contributed by atoms with van der Waals surface area (Å²) in [6.07, 6.45) is 8.05. The van der Waals surface area contributed by atoms with Crippen molar-refractivity contribution < 1.29 is 9.59 Å². The quantitative estimate of drug-likeness (QED) is 0.674. The second kappa shape index (κ2) is 10.6. The summed E-state index contributed by atoms with van der Waals surface area (Å²) in [7, 11) is 0. The Hall–Kier alpha value is -1.67. The Kier molecular flexibility index (Phi) is 8.50. The van der Waals surface area contributed by atoms with Gasteiger partial charge < -0.3 is 16.0 Å². The number of halogens is 1. The van der Waals surface area contributed by atoms with Crippen molar-refractivity contribution in [1.82, 2.24) is 30.9 Å². The average molecular weight is 399 g/mol. The number of hydrogen-bond acceptors (Lipinski definition) is 5. The van der Waals surface area contributed by atoms with E-state index in [4.69, 9.17) is 0 Å². The van der Waals surface area contributed by atoms with Crippen molar-refractivity contribution >= 4 is 24.2 Å². The van der Waals surface area contributed by atoms with Gasteiger partial charge in [0, 0.05) is 19.0 Å². The van der Waals surface area contributed by atoms with E-state index in [1.165, 1.54) is 19.3 Å². The normalized spacial score (nSPS) is 18.6. The van der Waals surface area contributed by atoms with Gasteiger partial charge in [-0.05, 0) is 45.7 Å². The number of hydrogen-bond donors (Lipinski definition) is 3. The molecule has 1 aliphatic carbocycles. The molecule has 0 aromatic carbocycles. The van der Waals surface area contributed by atoms with Crippen molar-refractivity contribution in [3.8, 4) is 0 Å². The van der Waals surface area contributed by atoms with E-state index in [1.54, 1.807) is 0 Å². The van der Waals surface area contributed by atoms with Crippen LogP contribution in [0, 0.1) is 6.92 Å². The molecule has 8 nitrogen and oxygen atoms in total. The zero-order chi connectivity index (χ0) is 18.4. The SMILES string of the molecule is Cc1c(C(=O)NCCC(=O)NC2CCCCC2)nnn1C1CCNCC1.Cl. The molecule has 9 heteroatoms. The molecule has 0 spiro atoms. The molecule has 27 heavy (non-hydrogen) atoms. The molecule has 1 saturated carbocycles. The molecule has 1 aliphatic heterocycles. The van der Waals surface area contributed by atoms with Crippen LogP contribution in [-0.4, -0.2) is 52.5 Å². The van der Waals surface area contributed by atoms with Gasteiger partial charge in [0.15, 0.2) is 5.69 Å². The molecule has 3 rings (SSSR count). The molecule has 3 N–H and O–H groups in total. The van der Waals surface area contributed by atoms with Crippen LogP contribution < -0.4 is 16.0 Å². The van der Waals surface area contributed by atoms with Crippen LogP contribution >= 0.6 is 12.4 Å². The van der Waals surface area contributed by atoms with Crippen molar-refractivity contribution in [2.24, 2.45) is 0 Å². The van der Waals surface area contributed by atoms with Crippen LogP contribution in [0.2, 0.25) is 0 Å². The largest absolute Gasteiger partial charge is 0.353 e. The number of amides is 2. The number of carbonyl (C=O) groups is 2. The van der Waals surface area contributed by atoms with Gasteiger partial charge >= 0.3 is 0 Å². The molecule has 152 valence electrons. The highest BCUT2D eigenvalue weighted by molar-refractivity contribution is 5.93. The van der Waals surface area contributed by atoms with Crippen LogP contribution in [0.1, 0.15) is 73.6 Å². The highest BCUT2D eigenvalue weighted by Crippen LogP contribution is 2.20. The lowest BCUT2D eigenvalue weighted by molar-refractivity contribution is -0.121. The maximum atomic E-state index is 12.4. The molecule has 0 bridgehead atoms. The van der Waals surface area contributed by atoms with E-state index in [2.05, 4.69) is 26.3 Å². The van der Waals surface area contributed by atoms with Gasteiger partial charge in [-0.15, -0.1) is 17.5 Å². The van der Waals surface area contributed by atoms with Gasteiger partial charge in [0.25, 0.3) is 5.91 Å². The van der Waals surface area contributed by atoms with Crippen molar-refractivity contribution in [1.29, 1.82) is 0 Å². The monoisotopic (exact) mass is 398 g/mol. The van der Waals surface area contributed by atoms with Crippen molar-refractivity contribution in [2.45, 2.75) is 70.4 Å². The topological polar surface area (TPSA) is 101 Å². The Morgan fingerprint density at radius 3 is 2.56 bits per heavy atom. The van der Waals surface area contributed by atoms with Crippen molar-refractivity contribution in [2.75, 3.05) is 19.6 Å². The molecule has 0 atom stereocenters. The van der Waals surface area contributed by atoms with Crippen molar-refractivity contribution in [3.05, 3.63) is 11.4 Å². The average Bonchev–Trinajstić information content (AvgIpc) is 3.04. The van der Waals surface area contributed by atoms with E-state index in [9.17, 15) is 9.59 Å². The lowest BCUT2D eigenvalue weighted by Crippen LogP contribution is -2.38. The van der Waals surface area contributed by atoms with Gasteiger partial charge in [-0.25, -0.2) is 4.68 Å². The fraction of sp³-hybridized carbons (Fsp3) is 0.778. The van der Waals surface area contributed by atoms with E-state index in [1.807, 2.05) is 11.6 Å². The third kappa shape index (κ3) is 5.90.